The largest absolute Gasteiger partial charge is 0.493 e. The predicted molar refractivity (Wildman–Crippen MR) is 163 cm³/mol. The molecule has 214 valence electrons. The summed E-state index contributed by atoms with van der Waals surface area (Å²) in [5.74, 6) is 1.18. The van der Waals surface area contributed by atoms with Crippen molar-refractivity contribution in [3.63, 3.8) is 0 Å². The molecule has 1 aliphatic rings. The second-order valence-electron chi connectivity index (χ2n) is 9.71. The number of halogens is 1. The highest BCUT2D eigenvalue weighted by molar-refractivity contribution is 7.99. The summed E-state index contributed by atoms with van der Waals surface area (Å²) in [5.41, 5.74) is 3.11. The van der Waals surface area contributed by atoms with E-state index in [-0.39, 0.29) is 0 Å². The van der Waals surface area contributed by atoms with Crippen LogP contribution in [0.15, 0.2) is 65.0 Å². The highest BCUT2D eigenvalue weighted by atomic mass is 35.5. The molecule has 0 spiro atoms. The van der Waals surface area contributed by atoms with Crippen molar-refractivity contribution >= 4 is 56.7 Å². The molecule has 5 aromatic rings. The number of aromatic nitrogens is 4. The van der Waals surface area contributed by atoms with Gasteiger partial charge < -0.3 is 24.1 Å². The van der Waals surface area contributed by atoms with Gasteiger partial charge in [-0.3, -0.25) is 4.90 Å². The molecule has 0 radical (unpaired) electrons. The van der Waals surface area contributed by atoms with Crippen LogP contribution in [-0.2, 0) is 11.8 Å². The van der Waals surface area contributed by atoms with E-state index in [1.807, 2.05) is 48.1 Å². The summed E-state index contributed by atoms with van der Waals surface area (Å²) in [4.78, 5) is 16.9. The van der Waals surface area contributed by atoms with Crippen molar-refractivity contribution in [3.8, 4) is 17.6 Å². The molecule has 12 heteroatoms. The molecule has 4 heterocycles. The Labute approximate surface area is 252 Å². The van der Waals surface area contributed by atoms with Gasteiger partial charge in [0.1, 0.15) is 12.7 Å². The number of aryl methyl sites for hydroxylation is 1. The molecule has 0 aliphatic carbocycles. The average Bonchev–Trinajstić information content (AvgIpc) is 3.42. The fraction of sp³-hybridized carbons (Fsp3) is 0.267. The van der Waals surface area contributed by atoms with Crippen LogP contribution >= 0.6 is 23.4 Å². The maximum Gasteiger partial charge on any atom is 0.172 e. The number of imidazole rings is 1. The number of fused-ring (bicyclic) bond motifs is 2. The first-order valence-electron chi connectivity index (χ1n) is 13.4. The van der Waals surface area contributed by atoms with Crippen LogP contribution in [0.1, 0.15) is 5.56 Å². The quantitative estimate of drug-likeness (QED) is 0.213. The number of nitrogens with zero attached hydrogens (tertiary/aromatic N) is 6. The van der Waals surface area contributed by atoms with E-state index in [4.69, 9.17) is 30.8 Å². The molecule has 6 rings (SSSR count). The summed E-state index contributed by atoms with van der Waals surface area (Å²) >= 11 is 8.20. The van der Waals surface area contributed by atoms with E-state index in [0.29, 0.717) is 45.2 Å². The van der Waals surface area contributed by atoms with E-state index < -0.39 is 0 Å². The van der Waals surface area contributed by atoms with Crippen LogP contribution in [0.3, 0.4) is 0 Å². The van der Waals surface area contributed by atoms with Gasteiger partial charge in [0.2, 0.25) is 0 Å². The summed E-state index contributed by atoms with van der Waals surface area (Å²) in [5, 5.41) is 16.0. The molecule has 1 fully saturated rings. The number of nitrogens with one attached hydrogen (secondary N) is 1. The van der Waals surface area contributed by atoms with E-state index in [2.05, 4.69) is 26.3 Å². The molecule has 1 aliphatic heterocycles. The van der Waals surface area contributed by atoms with Crippen molar-refractivity contribution in [1.82, 2.24) is 24.4 Å². The number of rotatable bonds is 9. The third kappa shape index (κ3) is 5.93. The Morgan fingerprint density at radius 3 is 2.71 bits per heavy atom. The zero-order valence-electron chi connectivity index (χ0n) is 23.1. The number of methoxy groups -OCH3 is 1. The van der Waals surface area contributed by atoms with Crippen molar-refractivity contribution in [2.45, 2.75) is 10.1 Å². The number of hydrogen-bond acceptors (Lipinski definition) is 10. The van der Waals surface area contributed by atoms with Gasteiger partial charge in [-0.05, 0) is 30.3 Å². The lowest BCUT2D eigenvalue weighted by Gasteiger charge is -2.26. The van der Waals surface area contributed by atoms with Gasteiger partial charge in [0.25, 0.3) is 0 Å². The van der Waals surface area contributed by atoms with Crippen molar-refractivity contribution in [1.29, 1.82) is 5.26 Å². The fourth-order valence-electron chi connectivity index (χ4n) is 4.76. The third-order valence-corrected chi connectivity index (χ3v) is 8.57. The second-order valence-corrected chi connectivity index (χ2v) is 11.1. The maximum absolute atomic E-state index is 9.57. The molecule has 10 nitrogen and oxygen atoms in total. The summed E-state index contributed by atoms with van der Waals surface area (Å²) < 4.78 is 19.3. The van der Waals surface area contributed by atoms with Gasteiger partial charge in [0.15, 0.2) is 22.3 Å². The Hall–Kier alpha value is -4.08. The van der Waals surface area contributed by atoms with Gasteiger partial charge in [-0.2, -0.15) is 5.26 Å². The highest BCUT2D eigenvalue weighted by Crippen LogP contribution is 2.40. The topological polar surface area (TPSA) is 110 Å². The number of anilines is 2. The van der Waals surface area contributed by atoms with Crippen LogP contribution in [0.5, 0.6) is 11.5 Å². The van der Waals surface area contributed by atoms with Crippen molar-refractivity contribution < 1.29 is 14.2 Å². The number of nitriles is 1. The first-order chi connectivity index (χ1) is 20.5. The third-order valence-electron chi connectivity index (χ3n) is 6.99. The molecule has 1 N–H and O–H groups in total. The lowest BCUT2D eigenvalue weighted by molar-refractivity contribution is 0.0321. The van der Waals surface area contributed by atoms with E-state index in [1.165, 1.54) is 18.0 Å². The summed E-state index contributed by atoms with van der Waals surface area (Å²) in [6.45, 7) is 4.56. The number of ether oxygens (including phenoxy) is 3. The summed E-state index contributed by atoms with van der Waals surface area (Å²) in [7, 11) is 3.56. The van der Waals surface area contributed by atoms with Crippen LogP contribution in [0.2, 0.25) is 5.02 Å². The van der Waals surface area contributed by atoms with Gasteiger partial charge in [-0.25, -0.2) is 15.0 Å². The average molecular weight is 602 g/mol. The van der Waals surface area contributed by atoms with Crippen LogP contribution in [0.4, 0.5) is 11.4 Å². The van der Waals surface area contributed by atoms with Crippen molar-refractivity contribution in [2.75, 3.05) is 51.9 Å². The summed E-state index contributed by atoms with van der Waals surface area (Å²) in [6, 6.07) is 13.5. The SMILES string of the molecule is COc1cc2c(Nc3ccc(Sc4nccn4C)c(Cl)c3)c3cc(C#N)cnc3nc2cc1OCCN1CCOCC1. The van der Waals surface area contributed by atoms with Crippen LogP contribution in [0.25, 0.3) is 21.9 Å². The van der Waals surface area contributed by atoms with Gasteiger partial charge >= 0.3 is 0 Å². The normalized spacial score (nSPS) is 13.8. The van der Waals surface area contributed by atoms with E-state index in [9.17, 15) is 5.26 Å². The van der Waals surface area contributed by atoms with Crippen LogP contribution < -0.4 is 14.8 Å². The minimum absolute atomic E-state index is 0.432. The molecule has 2 aromatic carbocycles. The number of hydrogen-bond donors (Lipinski definition) is 1. The molecule has 0 saturated carbocycles. The molecule has 0 atom stereocenters. The molecule has 0 unspecified atom stereocenters. The molecule has 0 amide bonds. The van der Waals surface area contributed by atoms with Crippen molar-refractivity contribution in [2.24, 2.45) is 7.05 Å². The maximum atomic E-state index is 9.57. The molecule has 3 aromatic heterocycles. The Morgan fingerprint density at radius 1 is 1.12 bits per heavy atom. The van der Waals surface area contributed by atoms with Crippen LogP contribution in [0, 0.1) is 11.3 Å². The predicted octanol–water partition coefficient (Wildman–Crippen LogP) is 5.66. The molecule has 42 heavy (non-hydrogen) atoms. The van der Waals surface area contributed by atoms with E-state index in [1.54, 1.807) is 19.4 Å². The molecular weight excluding hydrogens is 574 g/mol. The molecular formula is C30H28ClN7O3S. The molecule has 1 saturated heterocycles. The number of morpholine rings is 1. The minimum atomic E-state index is 0.432. The summed E-state index contributed by atoms with van der Waals surface area (Å²) in [6.07, 6.45) is 5.17. The van der Waals surface area contributed by atoms with Gasteiger partial charge in [0.05, 0.1) is 42.1 Å². The first kappa shape index (κ1) is 28.1. The zero-order valence-corrected chi connectivity index (χ0v) is 24.7. The molecule has 0 bridgehead atoms. The lowest BCUT2D eigenvalue weighted by Crippen LogP contribution is -2.38. The lowest BCUT2D eigenvalue weighted by atomic mass is 10.1. The first-order valence-corrected chi connectivity index (χ1v) is 14.6. The van der Waals surface area contributed by atoms with Gasteiger partial charge in [-0.1, -0.05) is 23.4 Å². The zero-order chi connectivity index (χ0) is 29.1. The van der Waals surface area contributed by atoms with Gasteiger partial charge in [-0.15, -0.1) is 0 Å². The van der Waals surface area contributed by atoms with E-state index in [0.717, 1.165) is 59.7 Å². The monoisotopic (exact) mass is 601 g/mol. The standard InChI is InChI=1S/C30H28ClN7O3S/c1-37-6-5-33-30(37)42-27-4-3-20(14-23(27)31)35-28-21-15-25(39-2)26(41-12-9-38-7-10-40-11-8-38)16-24(21)36-29-22(28)13-19(17-32)18-34-29/h3-6,13-16,18H,7-12H2,1-2H3,(H,34,35,36). The Bertz CT molecular complexity index is 1800. The Morgan fingerprint density at radius 2 is 1.98 bits per heavy atom. The fourth-order valence-corrected chi connectivity index (χ4v) is 5.87. The highest BCUT2D eigenvalue weighted by Gasteiger charge is 2.18. The van der Waals surface area contributed by atoms with E-state index >= 15 is 0 Å². The van der Waals surface area contributed by atoms with Gasteiger partial charge in [0, 0.05) is 72.7 Å². The second kappa shape index (κ2) is 12.4. The Balaban J connectivity index is 1.36. The Kier molecular flexibility index (Phi) is 8.30. The minimum Gasteiger partial charge on any atom is -0.493 e. The van der Waals surface area contributed by atoms with Crippen LogP contribution in [-0.4, -0.2) is 71.0 Å². The number of pyridine rings is 2. The number of benzene rings is 2. The smallest absolute Gasteiger partial charge is 0.172 e. The van der Waals surface area contributed by atoms with Crippen molar-refractivity contribution in [3.05, 3.63) is 65.6 Å².